The molecule has 0 unspecified atom stereocenters. The molecule has 0 bridgehead atoms. The Bertz CT molecular complexity index is 837. The number of halogens is 1. The second-order valence-electron chi connectivity index (χ2n) is 9.89. The average molecular weight is 455 g/mol. The maximum atomic E-state index is 15.2. The van der Waals surface area contributed by atoms with Crippen molar-refractivity contribution >= 4 is 29.5 Å². The van der Waals surface area contributed by atoms with E-state index in [0.29, 0.717) is 11.0 Å². The molecule has 0 aromatic heterocycles. The van der Waals surface area contributed by atoms with Gasteiger partial charge >= 0.3 is 13.1 Å². The van der Waals surface area contributed by atoms with Crippen LogP contribution in [0.2, 0.25) is 0 Å². The SMILES string of the molecule is CCOC(=O)C[C@H](N[S@](=O)C(C)(C)C)c1cc(B2OC(C)(C)C(C)(C)O2)cc(C)c1F. The van der Waals surface area contributed by atoms with Crippen molar-refractivity contribution in [2.45, 2.75) is 90.7 Å². The van der Waals surface area contributed by atoms with Crippen LogP contribution in [0.15, 0.2) is 12.1 Å². The van der Waals surface area contributed by atoms with Crippen LogP contribution in [0.25, 0.3) is 0 Å². The quantitative estimate of drug-likeness (QED) is 0.504. The predicted octanol–water partition coefficient (Wildman–Crippen LogP) is 3.48. The van der Waals surface area contributed by atoms with Crippen LogP contribution in [-0.2, 0) is 29.8 Å². The third-order valence-corrected chi connectivity index (χ3v) is 7.30. The molecule has 1 N–H and O–H groups in total. The van der Waals surface area contributed by atoms with Crippen LogP contribution in [0, 0.1) is 12.7 Å². The van der Waals surface area contributed by atoms with E-state index in [1.807, 2.05) is 27.7 Å². The van der Waals surface area contributed by atoms with E-state index in [9.17, 15) is 9.00 Å². The highest BCUT2D eigenvalue weighted by molar-refractivity contribution is 7.84. The van der Waals surface area contributed by atoms with Gasteiger partial charge < -0.3 is 14.0 Å². The van der Waals surface area contributed by atoms with Gasteiger partial charge in [-0.15, -0.1) is 0 Å². The molecule has 1 heterocycles. The predicted molar refractivity (Wildman–Crippen MR) is 122 cm³/mol. The lowest BCUT2D eigenvalue weighted by Gasteiger charge is -2.32. The summed E-state index contributed by atoms with van der Waals surface area (Å²) in [5.74, 6) is -0.961. The summed E-state index contributed by atoms with van der Waals surface area (Å²) >= 11 is 0. The summed E-state index contributed by atoms with van der Waals surface area (Å²) in [6.07, 6.45) is -0.154. The zero-order chi connectivity index (χ0) is 23.8. The Balaban J connectivity index is 2.47. The minimum absolute atomic E-state index is 0.154. The van der Waals surface area contributed by atoms with E-state index in [2.05, 4.69) is 4.72 Å². The molecule has 1 aliphatic heterocycles. The van der Waals surface area contributed by atoms with Crippen molar-refractivity contribution in [3.8, 4) is 0 Å². The van der Waals surface area contributed by atoms with Crippen molar-refractivity contribution in [1.29, 1.82) is 0 Å². The standard InChI is InChI=1S/C22H35BFNO5S/c1-10-28-18(26)13-17(25-31(27)20(3,4)5)16-12-15(11-14(2)19(16)24)23-29-21(6,7)22(8,9)30-23/h11-12,17,25H,10,13H2,1-9H3/t17-,31+/m0/s1. The van der Waals surface area contributed by atoms with E-state index < -0.39 is 51.9 Å². The van der Waals surface area contributed by atoms with E-state index in [-0.39, 0.29) is 18.6 Å². The Morgan fingerprint density at radius 2 is 1.77 bits per heavy atom. The van der Waals surface area contributed by atoms with Crippen LogP contribution in [0.1, 0.15) is 79.0 Å². The molecule has 174 valence electrons. The third-order valence-electron chi connectivity index (χ3n) is 5.69. The van der Waals surface area contributed by atoms with Crippen LogP contribution in [0.5, 0.6) is 0 Å². The topological polar surface area (TPSA) is 73.9 Å². The molecule has 9 heteroatoms. The fraction of sp³-hybridized carbons (Fsp3) is 0.682. The van der Waals surface area contributed by atoms with Gasteiger partial charge in [0.25, 0.3) is 0 Å². The Hall–Kier alpha value is -1.29. The number of nitrogens with one attached hydrogen (secondary N) is 1. The minimum atomic E-state index is -1.52. The molecule has 0 amide bonds. The van der Waals surface area contributed by atoms with Gasteiger partial charge in [0.2, 0.25) is 0 Å². The first-order chi connectivity index (χ1) is 14.1. The first kappa shape index (κ1) is 26.0. The van der Waals surface area contributed by atoms with Crippen LogP contribution in [0.3, 0.4) is 0 Å². The first-order valence-corrected chi connectivity index (χ1v) is 11.7. The summed E-state index contributed by atoms with van der Waals surface area (Å²) in [5, 5.41) is 0. The molecule has 1 aromatic rings. The molecule has 2 rings (SSSR count). The lowest BCUT2D eigenvalue weighted by atomic mass is 9.76. The van der Waals surface area contributed by atoms with Gasteiger partial charge in [0.1, 0.15) is 5.82 Å². The molecule has 1 aliphatic rings. The van der Waals surface area contributed by atoms with Crippen molar-refractivity contribution in [1.82, 2.24) is 4.72 Å². The van der Waals surface area contributed by atoms with Crippen molar-refractivity contribution in [3.05, 3.63) is 29.1 Å². The van der Waals surface area contributed by atoms with Crippen molar-refractivity contribution < 1.29 is 27.4 Å². The number of esters is 1. The molecule has 0 radical (unpaired) electrons. The fourth-order valence-electron chi connectivity index (χ4n) is 3.10. The molecular weight excluding hydrogens is 420 g/mol. The Kier molecular flexibility index (Phi) is 7.79. The summed E-state index contributed by atoms with van der Waals surface area (Å²) in [7, 11) is -2.20. The van der Waals surface area contributed by atoms with Gasteiger partial charge in [-0.1, -0.05) is 12.1 Å². The maximum Gasteiger partial charge on any atom is 0.494 e. The van der Waals surface area contributed by atoms with Crippen LogP contribution in [0.4, 0.5) is 4.39 Å². The molecule has 2 atom stereocenters. The molecule has 1 aromatic carbocycles. The number of hydrogen-bond donors (Lipinski definition) is 1. The monoisotopic (exact) mass is 455 g/mol. The molecule has 31 heavy (non-hydrogen) atoms. The molecular formula is C22H35BFNO5S. The Morgan fingerprint density at radius 3 is 2.26 bits per heavy atom. The third kappa shape index (κ3) is 5.94. The number of carbonyl (C=O) groups is 1. The van der Waals surface area contributed by atoms with Gasteiger partial charge in [-0.05, 0) is 73.3 Å². The van der Waals surface area contributed by atoms with Gasteiger partial charge in [-0.3, -0.25) is 4.79 Å². The zero-order valence-corrected chi connectivity index (χ0v) is 20.9. The summed E-state index contributed by atoms with van der Waals surface area (Å²) in [5.41, 5.74) is 0.173. The maximum absolute atomic E-state index is 15.2. The smallest absolute Gasteiger partial charge is 0.466 e. The van der Waals surface area contributed by atoms with E-state index >= 15 is 4.39 Å². The lowest BCUT2D eigenvalue weighted by Crippen LogP contribution is -2.41. The van der Waals surface area contributed by atoms with Crippen LogP contribution in [-0.4, -0.2) is 39.9 Å². The molecule has 1 fully saturated rings. The van der Waals surface area contributed by atoms with E-state index in [0.717, 1.165) is 0 Å². The number of hydrogen-bond acceptors (Lipinski definition) is 5. The molecule has 6 nitrogen and oxygen atoms in total. The largest absolute Gasteiger partial charge is 0.494 e. The van der Waals surface area contributed by atoms with E-state index in [1.54, 1.807) is 46.8 Å². The number of aryl methyl sites for hydroxylation is 1. The summed E-state index contributed by atoms with van der Waals surface area (Å²) in [6.45, 7) is 16.8. The molecule has 0 aliphatic carbocycles. The van der Waals surface area contributed by atoms with E-state index in [4.69, 9.17) is 14.0 Å². The molecule has 1 saturated heterocycles. The van der Waals surface area contributed by atoms with Gasteiger partial charge in [0, 0.05) is 5.56 Å². The molecule has 0 saturated carbocycles. The summed E-state index contributed by atoms with van der Waals surface area (Å²) in [6, 6.07) is 2.48. The van der Waals surface area contributed by atoms with Crippen LogP contribution < -0.4 is 10.2 Å². The van der Waals surface area contributed by atoms with Gasteiger partial charge in [-0.25, -0.2) is 13.3 Å². The minimum Gasteiger partial charge on any atom is -0.466 e. The highest BCUT2D eigenvalue weighted by Crippen LogP contribution is 2.37. The Morgan fingerprint density at radius 1 is 1.23 bits per heavy atom. The number of carbonyl (C=O) groups excluding carboxylic acids is 1. The second kappa shape index (κ2) is 9.29. The van der Waals surface area contributed by atoms with E-state index in [1.165, 1.54) is 0 Å². The number of rotatable bonds is 7. The number of benzene rings is 1. The van der Waals surface area contributed by atoms with Crippen molar-refractivity contribution in [2.75, 3.05) is 6.61 Å². The highest BCUT2D eigenvalue weighted by Gasteiger charge is 2.52. The van der Waals surface area contributed by atoms with Crippen molar-refractivity contribution in [3.63, 3.8) is 0 Å². The van der Waals surface area contributed by atoms with Crippen LogP contribution >= 0.6 is 0 Å². The Labute approximate surface area is 188 Å². The first-order valence-electron chi connectivity index (χ1n) is 10.6. The lowest BCUT2D eigenvalue weighted by molar-refractivity contribution is -0.143. The van der Waals surface area contributed by atoms with Crippen molar-refractivity contribution in [2.24, 2.45) is 0 Å². The van der Waals surface area contributed by atoms with Gasteiger partial charge in [0.15, 0.2) is 0 Å². The summed E-state index contributed by atoms with van der Waals surface area (Å²) in [4.78, 5) is 12.2. The number of ether oxygens (including phenoxy) is 1. The van der Waals surface area contributed by atoms with Gasteiger partial charge in [0.05, 0.1) is 46.0 Å². The highest BCUT2D eigenvalue weighted by atomic mass is 32.2. The fourth-order valence-corrected chi connectivity index (χ4v) is 3.92. The van der Waals surface area contributed by atoms with Gasteiger partial charge in [-0.2, -0.15) is 0 Å². The average Bonchev–Trinajstić information content (AvgIpc) is 2.83. The zero-order valence-electron chi connectivity index (χ0n) is 20.1. The normalized spacial score (nSPS) is 19.9. The molecule has 0 spiro atoms. The summed E-state index contributed by atoms with van der Waals surface area (Å²) < 4.78 is 47.6. The second-order valence-corrected chi connectivity index (χ2v) is 11.9.